The summed E-state index contributed by atoms with van der Waals surface area (Å²) in [6.45, 7) is 0.486. The lowest BCUT2D eigenvalue weighted by molar-refractivity contribution is 0.100. The van der Waals surface area contributed by atoms with Crippen LogP contribution in [0.25, 0.3) is 0 Å². The van der Waals surface area contributed by atoms with E-state index in [1.165, 1.54) is 0 Å². The SMILES string of the molecule is NC(=O)c1ccc(Cl)c(NCc2cc(Br)ccc2Cl)c1. The predicted molar refractivity (Wildman–Crippen MR) is 86.4 cm³/mol. The standard InChI is InChI=1S/C14H11BrCl2N2O/c15-10-2-4-11(16)9(5-10)7-19-13-6-8(14(18)20)1-3-12(13)17/h1-6,19H,7H2,(H2,18,20). The van der Waals surface area contributed by atoms with Gasteiger partial charge in [0.25, 0.3) is 0 Å². The largest absolute Gasteiger partial charge is 0.380 e. The summed E-state index contributed by atoms with van der Waals surface area (Å²) < 4.78 is 0.940. The van der Waals surface area contributed by atoms with E-state index in [-0.39, 0.29) is 0 Å². The number of carbonyl (C=O) groups is 1. The number of rotatable bonds is 4. The van der Waals surface area contributed by atoms with E-state index in [0.29, 0.717) is 27.8 Å². The molecule has 0 spiro atoms. The first kappa shape index (κ1) is 15.2. The number of carbonyl (C=O) groups excluding carboxylic acids is 1. The molecule has 0 aliphatic heterocycles. The molecule has 2 aromatic rings. The molecule has 0 aromatic heterocycles. The van der Waals surface area contributed by atoms with Gasteiger partial charge in [0.05, 0.1) is 10.7 Å². The highest BCUT2D eigenvalue weighted by Gasteiger charge is 2.07. The van der Waals surface area contributed by atoms with Crippen molar-refractivity contribution in [3.63, 3.8) is 0 Å². The van der Waals surface area contributed by atoms with Crippen molar-refractivity contribution < 1.29 is 4.79 Å². The molecule has 0 heterocycles. The van der Waals surface area contributed by atoms with Crippen LogP contribution in [0, 0.1) is 0 Å². The third-order valence-corrected chi connectivity index (χ3v) is 3.92. The van der Waals surface area contributed by atoms with Gasteiger partial charge in [0, 0.05) is 21.6 Å². The van der Waals surface area contributed by atoms with Crippen LogP contribution in [-0.2, 0) is 6.54 Å². The number of anilines is 1. The Labute approximate surface area is 135 Å². The van der Waals surface area contributed by atoms with Gasteiger partial charge in [-0.15, -0.1) is 0 Å². The average molecular weight is 374 g/mol. The van der Waals surface area contributed by atoms with E-state index in [4.69, 9.17) is 28.9 Å². The molecule has 0 saturated carbocycles. The number of nitrogens with two attached hydrogens (primary N) is 1. The fraction of sp³-hybridized carbons (Fsp3) is 0.0714. The van der Waals surface area contributed by atoms with Crippen molar-refractivity contribution in [2.24, 2.45) is 5.73 Å². The van der Waals surface area contributed by atoms with Gasteiger partial charge in [-0.1, -0.05) is 39.1 Å². The van der Waals surface area contributed by atoms with Gasteiger partial charge < -0.3 is 11.1 Å². The molecule has 2 aromatic carbocycles. The fourth-order valence-corrected chi connectivity index (χ4v) is 2.46. The van der Waals surface area contributed by atoms with Crippen LogP contribution >= 0.6 is 39.1 Å². The first-order chi connectivity index (χ1) is 9.47. The number of hydrogen-bond donors (Lipinski definition) is 2. The summed E-state index contributed by atoms with van der Waals surface area (Å²) in [6.07, 6.45) is 0. The molecule has 2 rings (SSSR count). The van der Waals surface area contributed by atoms with Gasteiger partial charge in [-0.3, -0.25) is 4.79 Å². The van der Waals surface area contributed by atoms with Gasteiger partial charge in [0.15, 0.2) is 0 Å². The van der Waals surface area contributed by atoms with Crippen molar-refractivity contribution in [3.05, 3.63) is 62.0 Å². The van der Waals surface area contributed by atoms with Gasteiger partial charge >= 0.3 is 0 Å². The highest BCUT2D eigenvalue weighted by molar-refractivity contribution is 9.10. The molecule has 0 aliphatic carbocycles. The Balaban J connectivity index is 2.20. The Kier molecular flexibility index (Phi) is 4.91. The second kappa shape index (κ2) is 6.48. The lowest BCUT2D eigenvalue weighted by Crippen LogP contribution is -2.11. The molecular weight excluding hydrogens is 363 g/mol. The lowest BCUT2D eigenvalue weighted by Gasteiger charge is -2.11. The van der Waals surface area contributed by atoms with Gasteiger partial charge in [0.2, 0.25) is 5.91 Å². The Morgan fingerprint density at radius 2 is 1.85 bits per heavy atom. The normalized spacial score (nSPS) is 10.3. The molecule has 0 radical (unpaired) electrons. The summed E-state index contributed by atoms with van der Waals surface area (Å²) in [7, 11) is 0. The average Bonchev–Trinajstić information content (AvgIpc) is 2.41. The lowest BCUT2D eigenvalue weighted by atomic mass is 10.1. The number of benzene rings is 2. The summed E-state index contributed by atoms with van der Waals surface area (Å²) in [5.41, 5.74) is 7.20. The number of amides is 1. The number of hydrogen-bond acceptors (Lipinski definition) is 2. The van der Waals surface area contributed by atoms with E-state index < -0.39 is 5.91 Å². The van der Waals surface area contributed by atoms with Crippen LogP contribution in [0.1, 0.15) is 15.9 Å². The van der Waals surface area contributed by atoms with Crippen LogP contribution in [-0.4, -0.2) is 5.91 Å². The van der Waals surface area contributed by atoms with E-state index in [1.807, 2.05) is 18.2 Å². The van der Waals surface area contributed by atoms with Crippen LogP contribution in [0.3, 0.4) is 0 Å². The quantitative estimate of drug-likeness (QED) is 0.830. The summed E-state index contributed by atoms with van der Waals surface area (Å²) in [6, 6.07) is 10.4. The first-order valence-corrected chi connectivity index (χ1v) is 7.29. The monoisotopic (exact) mass is 372 g/mol. The van der Waals surface area contributed by atoms with E-state index in [0.717, 1.165) is 10.0 Å². The zero-order valence-corrected chi connectivity index (χ0v) is 13.4. The Hall–Kier alpha value is -1.23. The molecular formula is C14H11BrCl2N2O. The van der Waals surface area contributed by atoms with Crippen molar-refractivity contribution in [2.45, 2.75) is 6.54 Å². The molecule has 1 amide bonds. The first-order valence-electron chi connectivity index (χ1n) is 5.74. The topological polar surface area (TPSA) is 55.1 Å². The Bertz CT molecular complexity index is 662. The maximum Gasteiger partial charge on any atom is 0.248 e. The Morgan fingerprint density at radius 1 is 1.15 bits per heavy atom. The minimum atomic E-state index is -0.495. The fourth-order valence-electron chi connectivity index (χ4n) is 1.68. The molecule has 3 N–H and O–H groups in total. The maximum absolute atomic E-state index is 11.2. The molecule has 0 aliphatic rings. The van der Waals surface area contributed by atoms with E-state index in [1.54, 1.807) is 18.2 Å². The van der Waals surface area contributed by atoms with Gasteiger partial charge in [-0.05, 0) is 42.0 Å². The molecule has 6 heteroatoms. The van der Waals surface area contributed by atoms with Crippen LogP contribution in [0.5, 0.6) is 0 Å². The van der Waals surface area contributed by atoms with E-state index in [2.05, 4.69) is 21.2 Å². The zero-order valence-electron chi connectivity index (χ0n) is 10.3. The second-order valence-electron chi connectivity index (χ2n) is 4.15. The highest BCUT2D eigenvalue weighted by atomic mass is 79.9. The summed E-state index contributed by atoms with van der Waals surface area (Å²) in [4.78, 5) is 11.2. The van der Waals surface area contributed by atoms with Crippen molar-refractivity contribution in [1.29, 1.82) is 0 Å². The molecule has 0 fully saturated rings. The molecule has 20 heavy (non-hydrogen) atoms. The molecule has 3 nitrogen and oxygen atoms in total. The molecule has 0 bridgehead atoms. The summed E-state index contributed by atoms with van der Waals surface area (Å²) in [5, 5.41) is 4.32. The second-order valence-corrected chi connectivity index (χ2v) is 5.88. The van der Waals surface area contributed by atoms with Gasteiger partial charge in [0.1, 0.15) is 0 Å². The van der Waals surface area contributed by atoms with E-state index in [9.17, 15) is 4.79 Å². The van der Waals surface area contributed by atoms with Gasteiger partial charge in [-0.25, -0.2) is 0 Å². The van der Waals surface area contributed by atoms with Crippen molar-refractivity contribution in [1.82, 2.24) is 0 Å². The van der Waals surface area contributed by atoms with Gasteiger partial charge in [-0.2, -0.15) is 0 Å². The predicted octanol–water partition coefficient (Wildman–Crippen LogP) is 4.47. The number of halogens is 3. The molecule has 0 unspecified atom stereocenters. The van der Waals surface area contributed by atoms with E-state index >= 15 is 0 Å². The van der Waals surface area contributed by atoms with Crippen LogP contribution in [0.15, 0.2) is 40.9 Å². The van der Waals surface area contributed by atoms with Crippen LogP contribution in [0.2, 0.25) is 10.0 Å². The maximum atomic E-state index is 11.2. The number of primary amides is 1. The number of nitrogens with one attached hydrogen (secondary N) is 1. The van der Waals surface area contributed by atoms with Crippen molar-refractivity contribution in [2.75, 3.05) is 5.32 Å². The van der Waals surface area contributed by atoms with Crippen molar-refractivity contribution >= 4 is 50.7 Å². The molecule has 0 saturated heterocycles. The summed E-state index contributed by atoms with van der Waals surface area (Å²) >= 11 is 15.6. The minimum absolute atomic E-state index is 0.400. The highest BCUT2D eigenvalue weighted by Crippen LogP contribution is 2.26. The van der Waals surface area contributed by atoms with Crippen LogP contribution < -0.4 is 11.1 Å². The Morgan fingerprint density at radius 3 is 2.55 bits per heavy atom. The molecule has 0 atom stereocenters. The third kappa shape index (κ3) is 3.66. The zero-order chi connectivity index (χ0) is 14.7. The summed E-state index contributed by atoms with van der Waals surface area (Å²) in [5.74, 6) is -0.495. The van der Waals surface area contributed by atoms with Crippen molar-refractivity contribution in [3.8, 4) is 0 Å². The molecule has 104 valence electrons. The third-order valence-electron chi connectivity index (χ3n) is 2.73. The minimum Gasteiger partial charge on any atom is -0.380 e. The smallest absolute Gasteiger partial charge is 0.248 e. The van der Waals surface area contributed by atoms with Crippen LogP contribution in [0.4, 0.5) is 5.69 Å².